The van der Waals surface area contributed by atoms with E-state index >= 15 is 0 Å². The number of ether oxygens (including phenoxy) is 1. The number of hydrogen-bond donors (Lipinski definition) is 3. The van der Waals surface area contributed by atoms with Crippen LogP contribution in [0.2, 0.25) is 0 Å². The van der Waals surface area contributed by atoms with Gasteiger partial charge < -0.3 is 20.7 Å². The van der Waals surface area contributed by atoms with E-state index in [-0.39, 0.29) is 24.0 Å². The van der Waals surface area contributed by atoms with Gasteiger partial charge in [-0.25, -0.2) is 0 Å². The molecule has 4 nitrogen and oxygen atoms in total. The van der Waals surface area contributed by atoms with E-state index in [9.17, 15) is 10.2 Å². The third-order valence-electron chi connectivity index (χ3n) is 2.58. The van der Waals surface area contributed by atoms with Gasteiger partial charge in [0.1, 0.15) is 6.10 Å². The molecule has 0 spiro atoms. The number of hydrogen-bond acceptors (Lipinski definition) is 4. The van der Waals surface area contributed by atoms with Gasteiger partial charge in [0.15, 0.2) is 0 Å². The highest BCUT2D eigenvalue weighted by Crippen LogP contribution is 2.35. The molecule has 2 aliphatic rings. The fourth-order valence-electron chi connectivity index (χ4n) is 1.94. The van der Waals surface area contributed by atoms with Gasteiger partial charge in [0, 0.05) is 5.54 Å². The van der Waals surface area contributed by atoms with Crippen LogP contribution in [-0.4, -0.2) is 40.7 Å². The lowest BCUT2D eigenvalue weighted by Crippen LogP contribution is -2.52. The molecule has 0 aromatic carbocycles. The molecule has 2 rings (SSSR count). The molecule has 4 atom stereocenters. The second-order valence-corrected chi connectivity index (χ2v) is 3.68. The molecule has 4 N–H and O–H groups in total. The molecule has 0 aromatic heterocycles. The van der Waals surface area contributed by atoms with Gasteiger partial charge in [-0.1, -0.05) is 0 Å². The first-order valence-corrected chi connectivity index (χ1v) is 3.87. The maximum Gasteiger partial charge on any atom is 0.106 e. The fraction of sp³-hybridized carbons (Fsp3) is 1.00. The van der Waals surface area contributed by atoms with Gasteiger partial charge in [0.2, 0.25) is 0 Å². The van der Waals surface area contributed by atoms with Gasteiger partial charge in [-0.3, -0.25) is 0 Å². The van der Waals surface area contributed by atoms with Crippen molar-refractivity contribution >= 4 is 12.4 Å². The Kier molecular flexibility index (Phi) is 2.66. The first kappa shape index (κ1) is 10.2. The second kappa shape index (κ2) is 3.12. The molecule has 1 heterocycles. The quantitative estimate of drug-likeness (QED) is 0.465. The van der Waals surface area contributed by atoms with Crippen LogP contribution in [0.25, 0.3) is 0 Å². The van der Waals surface area contributed by atoms with E-state index in [0.29, 0.717) is 19.4 Å². The van der Waals surface area contributed by atoms with Crippen molar-refractivity contribution in [3.63, 3.8) is 0 Å². The van der Waals surface area contributed by atoms with Crippen molar-refractivity contribution in [2.24, 2.45) is 5.73 Å². The Morgan fingerprint density at radius 3 is 2.67 bits per heavy atom. The van der Waals surface area contributed by atoms with E-state index in [1.54, 1.807) is 0 Å². The minimum Gasteiger partial charge on any atom is -0.390 e. The molecule has 0 amide bonds. The summed E-state index contributed by atoms with van der Waals surface area (Å²) in [6.07, 6.45) is -0.574. The molecule has 1 saturated heterocycles. The van der Waals surface area contributed by atoms with Gasteiger partial charge in [-0.2, -0.15) is 0 Å². The summed E-state index contributed by atoms with van der Waals surface area (Å²) in [6, 6.07) is 0. The van der Waals surface area contributed by atoms with E-state index < -0.39 is 12.2 Å². The largest absolute Gasteiger partial charge is 0.390 e. The Morgan fingerprint density at radius 1 is 1.33 bits per heavy atom. The molecule has 12 heavy (non-hydrogen) atoms. The minimum atomic E-state index is -0.742. The Labute approximate surface area is 77.1 Å². The zero-order chi connectivity index (χ0) is 8.06. The predicted octanol–water partition coefficient (Wildman–Crippen LogP) is -0.980. The topological polar surface area (TPSA) is 75.7 Å². The zero-order valence-corrected chi connectivity index (χ0v) is 7.46. The summed E-state index contributed by atoms with van der Waals surface area (Å²) >= 11 is 0. The van der Waals surface area contributed by atoms with E-state index in [2.05, 4.69) is 0 Å². The second-order valence-electron chi connectivity index (χ2n) is 3.68. The smallest absolute Gasteiger partial charge is 0.106 e. The number of rotatable bonds is 0. The highest BCUT2D eigenvalue weighted by molar-refractivity contribution is 5.85. The first-order valence-electron chi connectivity index (χ1n) is 3.87. The molecule has 0 radical (unpaired) electrons. The monoisotopic (exact) mass is 195 g/mol. The normalized spacial score (nSPS) is 51.8. The predicted molar refractivity (Wildman–Crippen MR) is 45.2 cm³/mol. The lowest BCUT2D eigenvalue weighted by Gasteiger charge is -2.33. The Bertz CT molecular complexity index is 180. The van der Waals surface area contributed by atoms with Crippen LogP contribution in [0.15, 0.2) is 0 Å². The summed E-state index contributed by atoms with van der Waals surface area (Å²) < 4.78 is 5.23. The summed E-state index contributed by atoms with van der Waals surface area (Å²) in [7, 11) is 0. The average Bonchev–Trinajstić information content (AvgIpc) is 2.25. The molecule has 1 aliphatic carbocycles. The van der Waals surface area contributed by atoms with Crippen LogP contribution < -0.4 is 5.73 Å². The van der Waals surface area contributed by atoms with E-state index in [4.69, 9.17) is 10.5 Å². The Balaban J connectivity index is 0.000000720. The number of aliphatic hydroxyl groups is 2. The molecule has 2 unspecified atom stereocenters. The molecule has 72 valence electrons. The Morgan fingerprint density at radius 2 is 2.00 bits per heavy atom. The minimum absolute atomic E-state index is 0. The van der Waals surface area contributed by atoms with Crippen molar-refractivity contribution < 1.29 is 14.9 Å². The highest BCUT2D eigenvalue weighted by Gasteiger charge is 2.48. The van der Waals surface area contributed by atoms with E-state index in [1.807, 2.05) is 0 Å². The summed E-state index contributed by atoms with van der Waals surface area (Å²) in [5.41, 5.74) is 5.47. The van der Waals surface area contributed by atoms with Crippen LogP contribution in [-0.2, 0) is 4.74 Å². The van der Waals surface area contributed by atoms with Crippen molar-refractivity contribution in [2.45, 2.75) is 36.7 Å². The van der Waals surface area contributed by atoms with Crippen LogP contribution in [0.3, 0.4) is 0 Å². The molecule has 2 bridgehead atoms. The first-order chi connectivity index (χ1) is 5.11. The van der Waals surface area contributed by atoms with Gasteiger partial charge >= 0.3 is 0 Å². The highest BCUT2D eigenvalue weighted by atomic mass is 35.5. The van der Waals surface area contributed by atoms with Gasteiger partial charge in [0.05, 0.1) is 18.8 Å². The summed E-state index contributed by atoms with van der Waals surface area (Å²) in [4.78, 5) is 0. The summed E-state index contributed by atoms with van der Waals surface area (Å²) in [5, 5.41) is 18.7. The number of aliphatic hydroxyl groups excluding tert-OH is 2. The van der Waals surface area contributed by atoms with Gasteiger partial charge in [0.25, 0.3) is 0 Å². The Hall–Kier alpha value is 0.130. The van der Waals surface area contributed by atoms with Crippen molar-refractivity contribution in [3.8, 4) is 0 Å². The van der Waals surface area contributed by atoms with Gasteiger partial charge in [-0.05, 0) is 12.8 Å². The number of fused-ring (bicyclic) bond motifs is 2. The van der Waals surface area contributed by atoms with E-state index in [1.165, 1.54) is 0 Å². The average molecular weight is 196 g/mol. The third-order valence-corrected chi connectivity index (χ3v) is 2.58. The standard InChI is InChI=1S/C7H13NO3.ClH/c8-7-1-4(9)6(10)5(2-7)11-3-7;/h4-6,9-10H,1-3,8H2;1H/t4-,5?,6-,7?;/m1./s1. The molecule has 5 heteroatoms. The van der Waals surface area contributed by atoms with Crippen molar-refractivity contribution in [1.29, 1.82) is 0 Å². The number of nitrogens with two attached hydrogens (primary N) is 1. The molecule has 1 saturated carbocycles. The maximum atomic E-state index is 9.35. The van der Waals surface area contributed by atoms with Crippen LogP contribution in [0.1, 0.15) is 12.8 Å². The molecular weight excluding hydrogens is 182 g/mol. The van der Waals surface area contributed by atoms with Crippen LogP contribution in [0.5, 0.6) is 0 Å². The lowest BCUT2D eigenvalue weighted by atomic mass is 9.81. The fourth-order valence-corrected chi connectivity index (χ4v) is 1.94. The van der Waals surface area contributed by atoms with Crippen LogP contribution in [0, 0.1) is 0 Å². The van der Waals surface area contributed by atoms with Crippen molar-refractivity contribution in [3.05, 3.63) is 0 Å². The van der Waals surface area contributed by atoms with Crippen LogP contribution >= 0.6 is 12.4 Å². The van der Waals surface area contributed by atoms with Gasteiger partial charge in [-0.15, -0.1) is 12.4 Å². The third kappa shape index (κ3) is 1.45. The molecule has 2 fully saturated rings. The van der Waals surface area contributed by atoms with Crippen LogP contribution in [0.4, 0.5) is 0 Å². The van der Waals surface area contributed by atoms with Crippen molar-refractivity contribution in [1.82, 2.24) is 0 Å². The lowest BCUT2D eigenvalue weighted by molar-refractivity contribution is -0.0720. The molecule has 1 aliphatic heterocycles. The molecule has 0 aromatic rings. The maximum absolute atomic E-state index is 9.35. The SMILES string of the molecule is Cl.NC12COC(C1)[C@H](O)[C@H](O)C2. The van der Waals surface area contributed by atoms with E-state index in [0.717, 1.165) is 0 Å². The number of halogens is 1. The zero-order valence-electron chi connectivity index (χ0n) is 6.64. The summed E-state index contributed by atoms with van der Waals surface area (Å²) in [5.74, 6) is 0. The molecular formula is C7H14ClNO3. The van der Waals surface area contributed by atoms with Crippen molar-refractivity contribution in [2.75, 3.05) is 6.61 Å². The summed E-state index contributed by atoms with van der Waals surface area (Å²) in [6.45, 7) is 0.464.